The second kappa shape index (κ2) is 8.14. The van der Waals surface area contributed by atoms with Gasteiger partial charge in [0.15, 0.2) is 0 Å². The minimum Gasteiger partial charge on any atom is -0.494 e. The van der Waals surface area contributed by atoms with E-state index in [9.17, 15) is 4.79 Å². The number of rotatable bonds is 9. The molecule has 1 amide bonds. The molecule has 1 rings (SSSR count). The maximum atomic E-state index is 11.8. The van der Waals surface area contributed by atoms with Gasteiger partial charge in [-0.05, 0) is 50.0 Å². The van der Waals surface area contributed by atoms with E-state index >= 15 is 0 Å². The lowest BCUT2D eigenvalue weighted by Crippen LogP contribution is -2.50. The van der Waals surface area contributed by atoms with Crippen LogP contribution in [0.3, 0.4) is 0 Å². The molecule has 0 aliphatic carbocycles. The van der Waals surface area contributed by atoms with Crippen LogP contribution in [0.2, 0.25) is 0 Å². The molecule has 114 valence electrons. The monoisotopic (exact) mass is 291 g/mol. The Balaban J connectivity index is 2.78. The van der Waals surface area contributed by atoms with E-state index < -0.39 is 11.4 Å². The van der Waals surface area contributed by atoms with Crippen molar-refractivity contribution in [1.82, 2.24) is 5.32 Å². The first-order valence-corrected chi connectivity index (χ1v) is 6.83. The highest BCUT2D eigenvalue weighted by atomic mass is 16.5. The van der Waals surface area contributed by atoms with E-state index in [1.54, 1.807) is 6.92 Å². The maximum Gasteiger partial charge on any atom is 0.242 e. The van der Waals surface area contributed by atoms with Crippen molar-refractivity contribution in [2.75, 3.05) is 19.7 Å². The topological polar surface area (TPSA) is 113 Å². The van der Waals surface area contributed by atoms with Crippen LogP contribution in [0.25, 0.3) is 10.4 Å². The molecule has 7 nitrogen and oxygen atoms in total. The van der Waals surface area contributed by atoms with E-state index in [0.717, 1.165) is 11.3 Å². The van der Waals surface area contributed by atoms with Crippen LogP contribution in [0.15, 0.2) is 29.4 Å². The molecular formula is C14H21N5O2. The fourth-order valence-electron chi connectivity index (χ4n) is 1.92. The van der Waals surface area contributed by atoms with Crippen molar-refractivity contribution in [2.45, 2.75) is 25.8 Å². The van der Waals surface area contributed by atoms with Crippen molar-refractivity contribution in [1.29, 1.82) is 0 Å². The smallest absolute Gasteiger partial charge is 0.242 e. The second-order valence-electron chi connectivity index (χ2n) is 4.68. The van der Waals surface area contributed by atoms with Crippen molar-refractivity contribution in [3.8, 4) is 5.75 Å². The Morgan fingerprint density at radius 1 is 1.48 bits per heavy atom. The van der Waals surface area contributed by atoms with Crippen LogP contribution in [0.5, 0.6) is 5.75 Å². The summed E-state index contributed by atoms with van der Waals surface area (Å²) in [6, 6.07) is 7.25. The van der Waals surface area contributed by atoms with E-state index in [2.05, 4.69) is 15.3 Å². The Labute approximate surface area is 124 Å². The molecule has 1 unspecified atom stereocenters. The summed E-state index contributed by atoms with van der Waals surface area (Å²) in [6.45, 7) is 5.13. The molecule has 0 aromatic heterocycles. The Hall–Kier alpha value is -2.24. The number of benzene rings is 1. The van der Waals surface area contributed by atoms with Gasteiger partial charge < -0.3 is 10.5 Å². The first-order chi connectivity index (χ1) is 10.0. The third-order valence-electron chi connectivity index (χ3n) is 3.21. The number of azide groups is 1. The van der Waals surface area contributed by atoms with Crippen LogP contribution in [0.4, 0.5) is 0 Å². The van der Waals surface area contributed by atoms with Gasteiger partial charge in [-0.3, -0.25) is 10.1 Å². The highest BCUT2D eigenvalue weighted by Crippen LogP contribution is 2.23. The van der Waals surface area contributed by atoms with Gasteiger partial charge in [-0.2, -0.15) is 0 Å². The SMILES string of the molecule is CCOc1ccc(C(C)(NCCCN=[N+]=[N-])C(N)=O)cc1. The van der Waals surface area contributed by atoms with Gasteiger partial charge in [-0.25, -0.2) is 0 Å². The lowest BCUT2D eigenvalue weighted by atomic mass is 9.91. The third kappa shape index (κ3) is 4.66. The van der Waals surface area contributed by atoms with Gasteiger partial charge in [0, 0.05) is 11.5 Å². The largest absolute Gasteiger partial charge is 0.494 e. The first-order valence-electron chi connectivity index (χ1n) is 6.83. The summed E-state index contributed by atoms with van der Waals surface area (Å²) in [4.78, 5) is 14.5. The van der Waals surface area contributed by atoms with Crippen molar-refractivity contribution in [2.24, 2.45) is 10.8 Å². The molecular weight excluding hydrogens is 270 g/mol. The van der Waals surface area contributed by atoms with E-state index in [0.29, 0.717) is 26.1 Å². The van der Waals surface area contributed by atoms with Crippen LogP contribution in [-0.2, 0) is 10.3 Å². The minimum absolute atomic E-state index is 0.377. The lowest BCUT2D eigenvalue weighted by Gasteiger charge is -2.28. The molecule has 0 saturated heterocycles. The molecule has 3 N–H and O–H groups in total. The van der Waals surface area contributed by atoms with Gasteiger partial charge in [-0.15, -0.1) is 0 Å². The minimum atomic E-state index is -0.971. The number of primary amides is 1. The fourth-order valence-corrected chi connectivity index (χ4v) is 1.92. The average molecular weight is 291 g/mol. The number of nitrogens with zero attached hydrogens (tertiary/aromatic N) is 3. The zero-order valence-electron chi connectivity index (χ0n) is 12.4. The fraction of sp³-hybridized carbons (Fsp3) is 0.500. The first kappa shape index (κ1) is 16.8. The van der Waals surface area contributed by atoms with E-state index in [-0.39, 0.29) is 0 Å². The molecule has 1 atom stereocenters. The number of carbonyl (C=O) groups is 1. The molecule has 1 aromatic rings. The highest BCUT2D eigenvalue weighted by molar-refractivity contribution is 5.85. The number of ether oxygens (including phenoxy) is 1. The zero-order chi connectivity index (χ0) is 15.7. The molecule has 0 aliphatic rings. The predicted octanol–water partition coefficient (Wildman–Crippen LogP) is 2.08. The average Bonchev–Trinajstić information content (AvgIpc) is 2.47. The molecule has 1 aromatic carbocycles. The molecule has 0 fully saturated rings. The lowest BCUT2D eigenvalue weighted by molar-refractivity contribution is -0.124. The summed E-state index contributed by atoms with van der Waals surface area (Å²) in [5.41, 5.74) is 13.5. The van der Waals surface area contributed by atoms with Crippen LogP contribution in [-0.4, -0.2) is 25.6 Å². The van der Waals surface area contributed by atoms with Crippen molar-refractivity contribution >= 4 is 5.91 Å². The molecule has 0 bridgehead atoms. The molecule has 21 heavy (non-hydrogen) atoms. The summed E-state index contributed by atoms with van der Waals surface area (Å²) < 4.78 is 5.38. The van der Waals surface area contributed by atoms with Gasteiger partial charge in [0.25, 0.3) is 0 Å². The summed E-state index contributed by atoms with van der Waals surface area (Å²) >= 11 is 0. The van der Waals surface area contributed by atoms with Crippen LogP contribution < -0.4 is 15.8 Å². The molecule has 0 heterocycles. The van der Waals surface area contributed by atoms with Gasteiger partial charge in [0.05, 0.1) is 6.61 Å². The highest BCUT2D eigenvalue weighted by Gasteiger charge is 2.32. The van der Waals surface area contributed by atoms with Gasteiger partial charge in [0.2, 0.25) is 5.91 Å². The number of nitrogens with two attached hydrogens (primary N) is 1. The molecule has 7 heteroatoms. The quantitative estimate of drug-likeness (QED) is 0.314. The van der Waals surface area contributed by atoms with Crippen molar-refractivity contribution < 1.29 is 9.53 Å². The molecule has 0 aliphatic heterocycles. The van der Waals surface area contributed by atoms with Crippen LogP contribution in [0, 0.1) is 0 Å². The predicted molar refractivity (Wildman–Crippen MR) is 80.8 cm³/mol. The third-order valence-corrected chi connectivity index (χ3v) is 3.21. The van der Waals surface area contributed by atoms with Gasteiger partial charge in [-0.1, -0.05) is 17.2 Å². The summed E-state index contributed by atoms with van der Waals surface area (Å²) in [5.74, 6) is 0.284. The zero-order valence-corrected chi connectivity index (χ0v) is 12.4. The number of amides is 1. The normalized spacial score (nSPS) is 13.0. The van der Waals surface area contributed by atoms with E-state index in [1.165, 1.54) is 0 Å². The Morgan fingerprint density at radius 3 is 2.67 bits per heavy atom. The van der Waals surface area contributed by atoms with Crippen LogP contribution in [0.1, 0.15) is 25.8 Å². The van der Waals surface area contributed by atoms with Crippen molar-refractivity contribution in [3.05, 3.63) is 40.3 Å². The van der Waals surface area contributed by atoms with E-state index in [1.807, 2.05) is 31.2 Å². The Bertz CT molecular complexity index is 511. The maximum absolute atomic E-state index is 11.8. The summed E-state index contributed by atoms with van der Waals surface area (Å²) in [7, 11) is 0. The van der Waals surface area contributed by atoms with E-state index in [4.69, 9.17) is 16.0 Å². The number of nitrogens with one attached hydrogen (secondary N) is 1. The number of hydrogen-bond acceptors (Lipinski definition) is 4. The summed E-state index contributed by atoms with van der Waals surface area (Å²) in [6.07, 6.45) is 0.629. The van der Waals surface area contributed by atoms with Crippen molar-refractivity contribution in [3.63, 3.8) is 0 Å². The second-order valence-corrected chi connectivity index (χ2v) is 4.68. The van der Waals surface area contributed by atoms with Gasteiger partial charge >= 0.3 is 0 Å². The summed E-state index contributed by atoms with van der Waals surface area (Å²) in [5, 5.41) is 6.57. The molecule has 0 spiro atoms. The number of hydrogen-bond donors (Lipinski definition) is 2. The number of carbonyl (C=O) groups excluding carboxylic acids is 1. The standard InChI is InChI=1S/C14H21N5O2/c1-3-21-12-7-5-11(6-8-12)14(2,13(15)20)17-9-4-10-18-19-16/h5-8,17H,3-4,9-10H2,1-2H3,(H2,15,20). The molecule has 0 saturated carbocycles. The van der Waals surface area contributed by atoms with Gasteiger partial charge in [0.1, 0.15) is 11.3 Å². The Kier molecular flexibility index (Phi) is 6.52. The Morgan fingerprint density at radius 2 is 2.14 bits per heavy atom. The van der Waals surface area contributed by atoms with Crippen LogP contribution >= 0.6 is 0 Å². The molecule has 0 radical (unpaired) electrons.